The van der Waals surface area contributed by atoms with Crippen LogP contribution in [0, 0.1) is 11.8 Å². The number of rotatable bonds is 13. The molecule has 2 rings (SSSR count). The van der Waals surface area contributed by atoms with E-state index in [2.05, 4.69) is 0 Å². The molecule has 0 unspecified atom stereocenters. The van der Waals surface area contributed by atoms with E-state index in [1.54, 1.807) is 11.8 Å². The van der Waals surface area contributed by atoms with Crippen LogP contribution in [0.25, 0.3) is 0 Å². The minimum absolute atomic E-state index is 0.0328. The van der Waals surface area contributed by atoms with Gasteiger partial charge in [-0.05, 0) is 56.1 Å². The van der Waals surface area contributed by atoms with Crippen molar-refractivity contribution in [2.24, 2.45) is 11.8 Å². The smallest absolute Gasteiger partial charge is 0.303 e. The highest BCUT2D eigenvalue weighted by atomic mass is 32.2. The first-order valence-corrected chi connectivity index (χ1v) is 11.4. The molecule has 28 heavy (non-hydrogen) atoms. The Morgan fingerprint density at radius 2 is 1.64 bits per heavy atom. The van der Waals surface area contributed by atoms with Crippen LogP contribution in [0.2, 0.25) is 0 Å². The summed E-state index contributed by atoms with van der Waals surface area (Å²) in [4.78, 5) is 11.7. The van der Waals surface area contributed by atoms with Crippen molar-refractivity contribution in [1.29, 1.82) is 0 Å². The Hall–Kier alpha value is -1.08. The summed E-state index contributed by atoms with van der Waals surface area (Å²) in [5.74, 6) is -0.0175. The second kappa shape index (κ2) is 12.5. The van der Waals surface area contributed by atoms with Crippen molar-refractivity contribution in [3.05, 3.63) is 30.3 Å². The monoisotopic (exact) mass is 410 g/mol. The maximum Gasteiger partial charge on any atom is 0.303 e. The number of aliphatic carboxylic acids is 1. The molecule has 0 aliphatic heterocycles. The van der Waals surface area contributed by atoms with Gasteiger partial charge in [-0.2, -0.15) is 0 Å². The first kappa shape index (κ1) is 23.2. The van der Waals surface area contributed by atoms with Gasteiger partial charge in [0.25, 0.3) is 0 Å². The standard InChI is InChI=1S/C22H34O5S/c23-16(15-28-17-8-4-3-5-9-17)12-13-19-18(20(24)14-21(19)25)10-6-1-2-7-11-22(26)27/h3-5,8-9,16,18-21,23-25H,1-2,6-7,10-15H2,(H,26,27)/t16-,18-,19-,20+,21-/m1/s1. The van der Waals surface area contributed by atoms with Crippen molar-refractivity contribution < 1.29 is 25.2 Å². The minimum Gasteiger partial charge on any atom is -0.481 e. The summed E-state index contributed by atoms with van der Waals surface area (Å²) in [5.41, 5.74) is 0. The van der Waals surface area contributed by atoms with Gasteiger partial charge in [-0.3, -0.25) is 4.79 Å². The lowest BCUT2D eigenvalue weighted by atomic mass is 9.85. The lowest BCUT2D eigenvalue weighted by Gasteiger charge is -2.24. The molecule has 1 aromatic carbocycles. The topological polar surface area (TPSA) is 98.0 Å². The van der Waals surface area contributed by atoms with Crippen LogP contribution in [0.15, 0.2) is 35.2 Å². The molecule has 0 bridgehead atoms. The molecule has 4 N–H and O–H groups in total. The normalized spacial score (nSPS) is 25.7. The first-order valence-electron chi connectivity index (χ1n) is 10.4. The number of hydrogen-bond acceptors (Lipinski definition) is 5. The van der Waals surface area contributed by atoms with Crippen LogP contribution >= 0.6 is 11.8 Å². The molecule has 0 saturated heterocycles. The summed E-state index contributed by atoms with van der Waals surface area (Å²) in [6.07, 6.45) is 4.91. The molecular weight excluding hydrogens is 376 g/mol. The number of aliphatic hydroxyl groups is 3. The van der Waals surface area contributed by atoms with Crippen molar-refractivity contribution in [2.75, 3.05) is 5.75 Å². The van der Waals surface area contributed by atoms with Crippen molar-refractivity contribution in [2.45, 2.75) is 81.0 Å². The average molecular weight is 411 g/mol. The Morgan fingerprint density at radius 3 is 2.32 bits per heavy atom. The molecule has 0 spiro atoms. The van der Waals surface area contributed by atoms with E-state index in [4.69, 9.17) is 5.11 Å². The zero-order valence-electron chi connectivity index (χ0n) is 16.4. The van der Waals surface area contributed by atoms with Gasteiger partial charge in [0.2, 0.25) is 0 Å². The van der Waals surface area contributed by atoms with Crippen LogP contribution in [0.4, 0.5) is 0 Å². The van der Waals surface area contributed by atoms with Gasteiger partial charge < -0.3 is 20.4 Å². The highest BCUT2D eigenvalue weighted by Crippen LogP contribution is 2.39. The lowest BCUT2D eigenvalue weighted by Crippen LogP contribution is -2.24. The predicted octanol–water partition coefficient (Wildman–Crippen LogP) is 3.70. The Kier molecular flexibility index (Phi) is 10.3. The van der Waals surface area contributed by atoms with Crippen LogP contribution in [0.5, 0.6) is 0 Å². The Morgan fingerprint density at radius 1 is 1.00 bits per heavy atom. The van der Waals surface area contributed by atoms with E-state index in [0.29, 0.717) is 25.0 Å². The highest BCUT2D eigenvalue weighted by molar-refractivity contribution is 7.99. The number of carboxylic acid groups (broad SMARTS) is 1. The number of unbranched alkanes of at least 4 members (excludes halogenated alkanes) is 3. The van der Waals surface area contributed by atoms with Gasteiger partial charge in [0, 0.05) is 17.1 Å². The van der Waals surface area contributed by atoms with Gasteiger partial charge in [-0.15, -0.1) is 11.8 Å². The number of carboxylic acids is 1. The predicted molar refractivity (Wildman–Crippen MR) is 111 cm³/mol. The highest BCUT2D eigenvalue weighted by Gasteiger charge is 2.40. The van der Waals surface area contributed by atoms with Gasteiger partial charge >= 0.3 is 5.97 Å². The number of benzene rings is 1. The third-order valence-corrected chi connectivity index (χ3v) is 6.88. The van der Waals surface area contributed by atoms with Crippen LogP contribution in [-0.4, -0.2) is 50.5 Å². The molecule has 5 nitrogen and oxygen atoms in total. The van der Waals surface area contributed by atoms with E-state index in [1.165, 1.54) is 0 Å². The van der Waals surface area contributed by atoms with Crippen LogP contribution in [0.1, 0.15) is 57.8 Å². The third kappa shape index (κ3) is 8.11. The summed E-state index contributed by atoms with van der Waals surface area (Å²) in [6, 6.07) is 10.00. The lowest BCUT2D eigenvalue weighted by molar-refractivity contribution is -0.137. The molecule has 5 atom stereocenters. The van der Waals surface area contributed by atoms with E-state index in [9.17, 15) is 20.1 Å². The second-order valence-corrected chi connectivity index (χ2v) is 8.99. The number of hydrogen-bond donors (Lipinski definition) is 4. The summed E-state index contributed by atoms with van der Waals surface area (Å²) in [5, 5.41) is 39.6. The molecule has 6 heteroatoms. The van der Waals surface area contributed by atoms with Gasteiger partial charge in [0.05, 0.1) is 18.3 Å². The molecule has 1 fully saturated rings. The largest absolute Gasteiger partial charge is 0.481 e. The minimum atomic E-state index is -0.751. The van der Waals surface area contributed by atoms with Crippen molar-refractivity contribution >= 4 is 17.7 Å². The van der Waals surface area contributed by atoms with Crippen LogP contribution < -0.4 is 0 Å². The molecular formula is C22H34O5S. The third-order valence-electron chi connectivity index (χ3n) is 5.72. The van der Waals surface area contributed by atoms with Crippen molar-refractivity contribution in [3.8, 4) is 0 Å². The van der Waals surface area contributed by atoms with Gasteiger partial charge in [-0.1, -0.05) is 37.5 Å². The second-order valence-electron chi connectivity index (χ2n) is 7.90. The molecule has 0 amide bonds. The summed E-state index contributed by atoms with van der Waals surface area (Å²) < 4.78 is 0. The molecule has 1 saturated carbocycles. The number of aliphatic hydroxyl groups excluding tert-OH is 3. The van der Waals surface area contributed by atoms with Crippen molar-refractivity contribution in [1.82, 2.24) is 0 Å². The molecule has 0 heterocycles. The fourth-order valence-electron chi connectivity index (χ4n) is 4.17. The van der Waals surface area contributed by atoms with E-state index in [1.807, 2.05) is 30.3 Å². The molecule has 1 aliphatic carbocycles. The van der Waals surface area contributed by atoms with Crippen LogP contribution in [-0.2, 0) is 4.79 Å². The van der Waals surface area contributed by atoms with Gasteiger partial charge in [-0.25, -0.2) is 0 Å². The Bertz CT molecular complexity index is 567. The summed E-state index contributed by atoms with van der Waals surface area (Å²) in [7, 11) is 0. The number of thioether (sulfide) groups is 1. The fourth-order valence-corrected chi connectivity index (χ4v) is 5.07. The van der Waals surface area contributed by atoms with Gasteiger partial charge in [0.1, 0.15) is 0 Å². The van der Waals surface area contributed by atoms with E-state index in [-0.39, 0.29) is 18.3 Å². The summed E-state index contributed by atoms with van der Waals surface area (Å²) >= 11 is 1.63. The summed E-state index contributed by atoms with van der Waals surface area (Å²) in [6.45, 7) is 0. The molecule has 0 radical (unpaired) electrons. The SMILES string of the molecule is O=C(O)CCCCCC[C@@H]1[C@@H](CC[C@@H](O)CSc2ccccc2)[C@H](O)C[C@@H]1O. The molecule has 1 aliphatic rings. The maximum absolute atomic E-state index is 10.5. The zero-order valence-corrected chi connectivity index (χ0v) is 17.3. The van der Waals surface area contributed by atoms with E-state index >= 15 is 0 Å². The molecule has 0 aromatic heterocycles. The quantitative estimate of drug-likeness (QED) is 0.292. The molecule has 1 aromatic rings. The first-order chi connectivity index (χ1) is 13.5. The van der Waals surface area contributed by atoms with Crippen LogP contribution in [0.3, 0.4) is 0 Å². The molecule has 158 valence electrons. The Labute approximate surface area is 172 Å². The van der Waals surface area contributed by atoms with Gasteiger partial charge in [0.15, 0.2) is 0 Å². The average Bonchev–Trinajstić information content (AvgIpc) is 2.94. The van der Waals surface area contributed by atoms with E-state index in [0.717, 1.165) is 37.0 Å². The number of carbonyl (C=O) groups is 1. The van der Waals surface area contributed by atoms with Crippen molar-refractivity contribution in [3.63, 3.8) is 0 Å². The maximum atomic E-state index is 10.5. The Balaban J connectivity index is 1.69. The fraction of sp³-hybridized carbons (Fsp3) is 0.682. The zero-order chi connectivity index (χ0) is 20.4. The van der Waals surface area contributed by atoms with E-state index < -0.39 is 24.3 Å².